The number of thiophene rings is 1. The van der Waals surface area contributed by atoms with Gasteiger partial charge in [-0.1, -0.05) is 0 Å². The molecule has 2 unspecified atom stereocenters. The van der Waals surface area contributed by atoms with Crippen molar-refractivity contribution in [2.45, 2.75) is 58.3 Å². The van der Waals surface area contributed by atoms with E-state index in [1.165, 1.54) is 5.56 Å². The Morgan fingerprint density at radius 2 is 2.09 bits per heavy atom. The standard InChI is InChI=1S/C17H28N2O2S/c1-13-9-19(10-14(2)21-13)17(3,4)12-18-16(20)6-5-15-7-8-22-11-15/h7-8,11,13-14H,5-6,9-10,12H2,1-4H3,(H,18,20). The topological polar surface area (TPSA) is 41.6 Å². The summed E-state index contributed by atoms with van der Waals surface area (Å²) in [7, 11) is 0. The van der Waals surface area contributed by atoms with Gasteiger partial charge in [-0.3, -0.25) is 9.69 Å². The first-order valence-corrected chi connectivity index (χ1v) is 8.99. The lowest BCUT2D eigenvalue weighted by molar-refractivity contribution is -0.122. The molecule has 0 saturated carbocycles. The molecule has 2 rings (SSSR count). The smallest absolute Gasteiger partial charge is 0.220 e. The van der Waals surface area contributed by atoms with Crippen LogP contribution in [0.4, 0.5) is 0 Å². The minimum Gasteiger partial charge on any atom is -0.373 e. The maximum atomic E-state index is 12.0. The van der Waals surface area contributed by atoms with Gasteiger partial charge in [-0.25, -0.2) is 0 Å². The van der Waals surface area contributed by atoms with Gasteiger partial charge in [0.1, 0.15) is 0 Å². The van der Waals surface area contributed by atoms with Gasteiger partial charge in [0.05, 0.1) is 12.2 Å². The van der Waals surface area contributed by atoms with Crippen LogP contribution in [-0.4, -0.2) is 48.2 Å². The molecule has 1 aliphatic rings. The molecular weight excluding hydrogens is 296 g/mol. The van der Waals surface area contributed by atoms with Crippen molar-refractivity contribution in [3.63, 3.8) is 0 Å². The zero-order valence-corrected chi connectivity index (χ0v) is 14.9. The first kappa shape index (κ1) is 17.4. The van der Waals surface area contributed by atoms with Crippen LogP contribution in [0, 0.1) is 0 Å². The summed E-state index contributed by atoms with van der Waals surface area (Å²) in [5, 5.41) is 7.25. The molecule has 2 heterocycles. The molecule has 1 aromatic heterocycles. The number of aryl methyl sites for hydroxylation is 1. The van der Waals surface area contributed by atoms with E-state index in [0.29, 0.717) is 13.0 Å². The second-order valence-electron chi connectivity index (χ2n) is 6.88. The summed E-state index contributed by atoms with van der Waals surface area (Å²) >= 11 is 1.68. The number of nitrogens with zero attached hydrogens (tertiary/aromatic N) is 1. The van der Waals surface area contributed by atoms with E-state index in [0.717, 1.165) is 19.5 Å². The highest BCUT2D eigenvalue weighted by Crippen LogP contribution is 2.20. The summed E-state index contributed by atoms with van der Waals surface area (Å²) in [6, 6.07) is 2.08. The Hall–Kier alpha value is -0.910. The third kappa shape index (κ3) is 5.07. The van der Waals surface area contributed by atoms with Crippen LogP contribution >= 0.6 is 11.3 Å². The van der Waals surface area contributed by atoms with Gasteiger partial charge in [0, 0.05) is 31.6 Å². The second kappa shape index (κ2) is 7.57. The number of carbonyl (C=O) groups excluding carboxylic acids is 1. The molecule has 0 aromatic carbocycles. The lowest BCUT2D eigenvalue weighted by Gasteiger charge is -2.45. The van der Waals surface area contributed by atoms with Crippen molar-refractivity contribution in [3.8, 4) is 0 Å². The molecule has 1 fully saturated rings. The van der Waals surface area contributed by atoms with Gasteiger partial charge in [0.25, 0.3) is 0 Å². The lowest BCUT2D eigenvalue weighted by Crippen LogP contribution is -2.58. The molecular formula is C17H28N2O2S. The van der Waals surface area contributed by atoms with Crippen molar-refractivity contribution < 1.29 is 9.53 Å². The average molecular weight is 324 g/mol. The summed E-state index contributed by atoms with van der Waals surface area (Å²) in [6.07, 6.45) is 1.87. The van der Waals surface area contributed by atoms with Crippen LogP contribution in [0.15, 0.2) is 16.8 Å². The number of hydrogen-bond donors (Lipinski definition) is 1. The van der Waals surface area contributed by atoms with Crippen molar-refractivity contribution in [1.29, 1.82) is 0 Å². The monoisotopic (exact) mass is 324 g/mol. The quantitative estimate of drug-likeness (QED) is 0.875. The molecule has 1 N–H and O–H groups in total. The third-order valence-corrected chi connectivity index (χ3v) is 4.95. The van der Waals surface area contributed by atoms with Gasteiger partial charge >= 0.3 is 0 Å². The van der Waals surface area contributed by atoms with Crippen molar-refractivity contribution in [1.82, 2.24) is 10.2 Å². The summed E-state index contributed by atoms with van der Waals surface area (Å²) < 4.78 is 5.79. The van der Waals surface area contributed by atoms with Crippen LogP contribution in [0.5, 0.6) is 0 Å². The van der Waals surface area contributed by atoms with Gasteiger partial charge in [-0.15, -0.1) is 0 Å². The number of nitrogens with one attached hydrogen (secondary N) is 1. The van der Waals surface area contributed by atoms with Crippen LogP contribution in [0.2, 0.25) is 0 Å². The van der Waals surface area contributed by atoms with Crippen LogP contribution < -0.4 is 5.32 Å². The third-order valence-electron chi connectivity index (χ3n) is 4.21. The van der Waals surface area contributed by atoms with E-state index in [1.54, 1.807) is 11.3 Å². The zero-order chi connectivity index (χ0) is 16.2. The largest absolute Gasteiger partial charge is 0.373 e. The molecule has 1 aromatic rings. The highest BCUT2D eigenvalue weighted by atomic mass is 32.1. The Labute approximate surface area is 137 Å². The fourth-order valence-corrected chi connectivity index (χ4v) is 3.58. The van der Waals surface area contributed by atoms with Gasteiger partial charge in [-0.2, -0.15) is 11.3 Å². The zero-order valence-electron chi connectivity index (χ0n) is 14.1. The van der Waals surface area contributed by atoms with Gasteiger partial charge in [0.15, 0.2) is 0 Å². The first-order chi connectivity index (χ1) is 10.4. The maximum Gasteiger partial charge on any atom is 0.220 e. The van der Waals surface area contributed by atoms with Crippen LogP contribution in [0.1, 0.15) is 39.7 Å². The van der Waals surface area contributed by atoms with E-state index in [2.05, 4.69) is 54.7 Å². The Kier molecular flexibility index (Phi) is 6.01. The number of hydrogen-bond acceptors (Lipinski definition) is 4. The number of carbonyl (C=O) groups is 1. The normalized spacial score (nSPS) is 23.5. The second-order valence-corrected chi connectivity index (χ2v) is 7.66. The molecule has 0 spiro atoms. The Bertz CT molecular complexity index is 463. The summed E-state index contributed by atoms with van der Waals surface area (Å²) in [4.78, 5) is 14.5. The highest BCUT2D eigenvalue weighted by molar-refractivity contribution is 7.07. The van der Waals surface area contributed by atoms with Crippen molar-refractivity contribution >= 4 is 17.2 Å². The molecule has 0 bridgehead atoms. The predicted octanol–water partition coefficient (Wildman–Crippen LogP) is 2.68. The molecule has 0 aliphatic carbocycles. The lowest BCUT2D eigenvalue weighted by atomic mass is 10.00. The maximum absolute atomic E-state index is 12.0. The minimum absolute atomic E-state index is 0.0512. The molecule has 2 atom stereocenters. The average Bonchev–Trinajstić information content (AvgIpc) is 2.95. The van der Waals surface area contributed by atoms with Crippen molar-refractivity contribution in [3.05, 3.63) is 22.4 Å². The minimum atomic E-state index is -0.0512. The Morgan fingerprint density at radius 1 is 1.41 bits per heavy atom. The predicted molar refractivity (Wildman–Crippen MR) is 91.3 cm³/mol. The Balaban J connectivity index is 1.77. The molecule has 1 saturated heterocycles. The summed E-state index contributed by atoms with van der Waals surface area (Å²) in [6.45, 7) is 11.1. The van der Waals surface area contributed by atoms with Gasteiger partial charge in [0.2, 0.25) is 5.91 Å². The molecule has 22 heavy (non-hydrogen) atoms. The summed E-state index contributed by atoms with van der Waals surface area (Å²) in [5.74, 6) is 0.133. The first-order valence-electron chi connectivity index (χ1n) is 8.05. The number of amides is 1. The van der Waals surface area contributed by atoms with E-state index in [1.807, 2.05) is 0 Å². The number of morpholine rings is 1. The van der Waals surface area contributed by atoms with E-state index >= 15 is 0 Å². The fraction of sp³-hybridized carbons (Fsp3) is 0.706. The molecule has 4 nitrogen and oxygen atoms in total. The van der Waals surface area contributed by atoms with E-state index in [-0.39, 0.29) is 23.7 Å². The molecule has 5 heteroatoms. The SMILES string of the molecule is CC1CN(C(C)(C)CNC(=O)CCc2ccsc2)CC(C)O1. The van der Waals surface area contributed by atoms with Crippen LogP contribution in [0.3, 0.4) is 0 Å². The van der Waals surface area contributed by atoms with Gasteiger partial charge in [-0.05, 0) is 56.5 Å². The van der Waals surface area contributed by atoms with Crippen LogP contribution in [0.25, 0.3) is 0 Å². The molecule has 1 amide bonds. The van der Waals surface area contributed by atoms with E-state index in [4.69, 9.17) is 4.74 Å². The fourth-order valence-electron chi connectivity index (χ4n) is 2.88. The van der Waals surface area contributed by atoms with Gasteiger partial charge < -0.3 is 10.1 Å². The molecule has 124 valence electrons. The van der Waals surface area contributed by atoms with Crippen LogP contribution in [-0.2, 0) is 16.0 Å². The van der Waals surface area contributed by atoms with E-state index < -0.39 is 0 Å². The highest BCUT2D eigenvalue weighted by Gasteiger charge is 2.33. The Morgan fingerprint density at radius 3 is 2.68 bits per heavy atom. The molecule has 1 aliphatic heterocycles. The van der Waals surface area contributed by atoms with E-state index in [9.17, 15) is 4.79 Å². The number of rotatable bonds is 6. The number of ether oxygens (including phenoxy) is 1. The summed E-state index contributed by atoms with van der Waals surface area (Å²) in [5.41, 5.74) is 1.19. The molecule has 0 radical (unpaired) electrons. The van der Waals surface area contributed by atoms with Crippen molar-refractivity contribution in [2.24, 2.45) is 0 Å². The van der Waals surface area contributed by atoms with Crippen molar-refractivity contribution in [2.75, 3.05) is 19.6 Å².